The molecule has 1 heteroatoms. The maximum atomic E-state index is 2.47. The summed E-state index contributed by atoms with van der Waals surface area (Å²) in [6, 6.07) is 21.7. The number of hydrogen-bond acceptors (Lipinski definition) is 0. The molecule has 1 unspecified atom stereocenters. The molecule has 0 fully saturated rings. The van der Waals surface area contributed by atoms with Gasteiger partial charge >= 0.3 is 0 Å². The van der Waals surface area contributed by atoms with Gasteiger partial charge < -0.3 is 0 Å². The summed E-state index contributed by atoms with van der Waals surface area (Å²) in [4.78, 5) is 0. The Kier molecular flexibility index (Phi) is 5.66. The zero-order chi connectivity index (χ0) is 22.3. The maximum Gasteiger partial charge on any atom is 0.159 e. The third kappa shape index (κ3) is 3.88. The summed E-state index contributed by atoms with van der Waals surface area (Å²) in [5.74, 6) is 0. The Hall–Kier alpha value is -2.64. The first-order chi connectivity index (χ1) is 14.7. The molecule has 0 radical (unpaired) electrons. The molecule has 4 rings (SSSR count). The number of rotatable bonds is 4. The van der Waals surface area contributed by atoms with Crippen molar-refractivity contribution in [2.24, 2.45) is 0 Å². The molecule has 0 N–H and O–H groups in total. The molecular weight excluding hydrogens is 388 g/mol. The first-order valence-electron chi connectivity index (χ1n) is 11.3. The van der Waals surface area contributed by atoms with E-state index in [0.29, 0.717) is 5.54 Å². The molecular formula is C30H34Si. The Bertz CT molecular complexity index is 1020. The zero-order valence-electron chi connectivity index (χ0n) is 20.0. The van der Waals surface area contributed by atoms with Crippen molar-refractivity contribution < 1.29 is 0 Å². The minimum atomic E-state index is -2.40. The highest BCUT2D eigenvalue weighted by molar-refractivity contribution is 7.13. The lowest BCUT2D eigenvalue weighted by Gasteiger charge is -2.40. The van der Waals surface area contributed by atoms with Gasteiger partial charge in [0.05, 0.1) is 0 Å². The van der Waals surface area contributed by atoms with Crippen LogP contribution in [0.1, 0.15) is 40.3 Å². The number of hydrogen-bond donors (Lipinski definition) is 0. The average molecular weight is 423 g/mol. The standard InChI is InChI=1S/C30H34Si/c1-20-11-21(2)15-27(14-20)31(30-10-8-9-26(30)7,28-16-22(3)12-23(4)17-28)29-18-24(5)13-25(6)19-29/h8-19,30H,1-7H3. The predicted octanol–water partition coefficient (Wildman–Crippen LogP) is 5.89. The highest BCUT2D eigenvalue weighted by Crippen LogP contribution is 2.35. The Morgan fingerprint density at radius 3 is 1.06 bits per heavy atom. The van der Waals surface area contributed by atoms with Crippen molar-refractivity contribution >= 4 is 23.6 Å². The third-order valence-corrected chi connectivity index (χ3v) is 11.8. The second-order valence-electron chi connectivity index (χ2n) is 9.71. The lowest BCUT2D eigenvalue weighted by molar-refractivity contribution is 1.19. The molecule has 0 saturated heterocycles. The first kappa shape index (κ1) is 21.6. The Morgan fingerprint density at radius 2 is 0.806 bits per heavy atom. The molecule has 3 aromatic carbocycles. The van der Waals surface area contributed by atoms with Gasteiger partial charge in [-0.05, 0) is 64.0 Å². The fraction of sp³-hybridized carbons (Fsp3) is 0.267. The minimum absolute atomic E-state index is 0.413. The summed E-state index contributed by atoms with van der Waals surface area (Å²) in [6.07, 6.45) is 7.06. The molecule has 0 spiro atoms. The summed E-state index contributed by atoms with van der Waals surface area (Å²) >= 11 is 0. The van der Waals surface area contributed by atoms with Gasteiger partial charge in [-0.25, -0.2) is 0 Å². The van der Waals surface area contributed by atoms with Gasteiger partial charge in [0.25, 0.3) is 0 Å². The second kappa shape index (κ2) is 8.13. The van der Waals surface area contributed by atoms with E-state index in [1.54, 1.807) is 0 Å². The molecule has 0 saturated carbocycles. The minimum Gasteiger partial charge on any atom is -0.0791 e. The molecule has 1 atom stereocenters. The van der Waals surface area contributed by atoms with Gasteiger partial charge in [-0.1, -0.05) is 112 Å². The molecule has 1 aliphatic carbocycles. The fourth-order valence-corrected chi connectivity index (χ4v) is 11.7. The Morgan fingerprint density at radius 1 is 0.484 bits per heavy atom. The van der Waals surface area contributed by atoms with E-state index in [2.05, 4.69) is 121 Å². The number of allylic oxidation sites excluding steroid dienone is 4. The van der Waals surface area contributed by atoms with Crippen molar-refractivity contribution in [1.82, 2.24) is 0 Å². The van der Waals surface area contributed by atoms with Gasteiger partial charge in [0.15, 0.2) is 8.07 Å². The quantitative estimate of drug-likeness (QED) is 0.363. The van der Waals surface area contributed by atoms with Crippen molar-refractivity contribution in [3.05, 3.63) is 112 Å². The van der Waals surface area contributed by atoms with E-state index >= 15 is 0 Å². The van der Waals surface area contributed by atoms with Crippen LogP contribution in [0.3, 0.4) is 0 Å². The monoisotopic (exact) mass is 422 g/mol. The molecule has 0 aliphatic heterocycles. The molecule has 3 aromatic rings. The average Bonchev–Trinajstić information content (AvgIpc) is 3.06. The predicted molar refractivity (Wildman–Crippen MR) is 139 cm³/mol. The number of benzene rings is 3. The van der Waals surface area contributed by atoms with E-state index in [9.17, 15) is 0 Å². The van der Waals surface area contributed by atoms with Gasteiger partial charge in [-0.2, -0.15) is 0 Å². The van der Waals surface area contributed by atoms with E-state index < -0.39 is 8.07 Å². The summed E-state index contributed by atoms with van der Waals surface area (Å²) in [7, 11) is -2.40. The molecule has 0 bridgehead atoms. The molecule has 0 heterocycles. The smallest absolute Gasteiger partial charge is 0.0791 e. The summed E-state index contributed by atoms with van der Waals surface area (Å²) in [5, 5.41) is 4.55. The SMILES string of the molecule is CC1=CC=CC1[Si](c1cc(C)cc(C)c1)(c1cc(C)cc(C)c1)c1cc(C)cc(C)c1. The van der Waals surface area contributed by atoms with Gasteiger partial charge in [-0.15, -0.1) is 0 Å². The Labute approximate surface area is 189 Å². The van der Waals surface area contributed by atoms with Crippen LogP contribution in [0.25, 0.3) is 0 Å². The van der Waals surface area contributed by atoms with E-state index in [1.165, 1.54) is 54.5 Å². The van der Waals surface area contributed by atoms with Crippen LogP contribution in [0.15, 0.2) is 78.4 Å². The molecule has 1 aliphatic rings. The van der Waals surface area contributed by atoms with Crippen LogP contribution in [0.2, 0.25) is 5.54 Å². The highest BCUT2D eigenvalue weighted by Gasteiger charge is 2.47. The molecule has 0 amide bonds. The topological polar surface area (TPSA) is 0 Å². The largest absolute Gasteiger partial charge is 0.159 e. The Balaban J connectivity index is 2.20. The first-order valence-corrected chi connectivity index (χ1v) is 13.4. The van der Waals surface area contributed by atoms with Crippen LogP contribution in [0.5, 0.6) is 0 Å². The van der Waals surface area contributed by atoms with E-state index in [-0.39, 0.29) is 0 Å². The van der Waals surface area contributed by atoms with Crippen LogP contribution in [-0.4, -0.2) is 8.07 Å². The normalized spacial score (nSPS) is 16.0. The van der Waals surface area contributed by atoms with Crippen molar-refractivity contribution in [2.45, 2.75) is 54.0 Å². The summed E-state index contributed by atoms with van der Waals surface area (Å²) < 4.78 is 0. The maximum absolute atomic E-state index is 2.47. The molecule has 31 heavy (non-hydrogen) atoms. The summed E-state index contributed by atoms with van der Waals surface area (Å²) in [5.41, 5.74) is 10.00. The van der Waals surface area contributed by atoms with Crippen LogP contribution < -0.4 is 15.6 Å². The van der Waals surface area contributed by atoms with Crippen molar-refractivity contribution in [3.63, 3.8) is 0 Å². The molecule has 0 nitrogen and oxygen atoms in total. The zero-order valence-corrected chi connectivity index (χ0v) is 21.0. The van der Waals surface area contributed by atoms with Crippen molar-refractivity contribution in [1.29, 1.82) is 0 Å². The van der Waals surface area contributed by atoms with Crippen LogP contribution in [-0.2, 0) is 0 Å². The van der Waals surface area contributed by atoms with Gasteiger partial charge in [0.1, 0.15) is 0 Å². The third-order valence-electron chi connectivity index (χ3n) is 6.65. The number of aryl methyl sites for hydroxylation is 6. The van der Waals surface area contributed by atoms with Gasteiger partial charge in [-0.3, -0.25) is 0 Å². The van der Waals surface area contributed by atoms with Crippen molar-refractivity contribution in [2.75, 3.05) is 0 Å². The molecule has 158 valence electrons. The van der Waals surface area contributed by atoms with Crippen LogP contribution in [0, 0.1) is 41.5 Å². The lowest BCUT2D eigenvalue weighted by atomic mass is 10.1. The fourth-order valence-electron chi connectivity index (χ4n) is 5.71. The lowest BCUT2D eigenvalue weighted by Crippen LogP contribution is -2.70. The van der Waals surface area contributed by atoms with Gasteiger partial charge in [0, 0.05) is 5.54 Å². The van der Waals surface area contributed by atoms with Crippen molar-refractivity contribution in [3.8, 4) is 0 Å². The second-order valence-corrected chi connectivity index (χ2v) is 13.7. The highest BCUT2D eigenvalue weighted by atomic mass is 28.3. The van der Waals surface area contributed by atoms with Crippen LogP contribution in [0.4, 0.5) is 0 Å². The van der Waals surface area contributed by atoms with Gasteiger partial charge in [0.2, 0.25) is 0 Å². The van der Waals surface area contributed by atoms with Crippen LogP contribution >= 0.6 is 0 Å². The summed E-state index contributed by atoms with van der Waals surface area (Å²) in [6.45, 7) is 15.8. The van der Waals surface area contributed by atoms with E-state index in [0.717, 1.165) is 0 Å². The molecule has 0 aromatic heterocycles. The van der Waals surface area contributed by atoms with E-state index in [1.807, 2.05) is 0 Å². The van der Waals surface area contributed by atoms with E-state index in [4.69, 9.17) is 0 Å².